The Kier molecular flexibility index (Phi) is 4.77. The number of nitrogens with one attached hydrogen (secondary N) is 1. The zero-order chi connectivity index (χ0) is 18.8. The minimum absolute atomic E-state index is 0.0693. The molecule has 0 spiro atoms. The molecule has 5 heteroatoms. The highest BCUT2D eigenvalue weighted by molar-refractivity contribution is 6.03. The number of amides is 2. The average Bonchev–Trinajstić information content (AvgIpc) is 3.19. The number of likely N-dealkylation sites (tertiary alicyclic amines) is 1. The van der Waals surface area contributed by atoms with E-state index in [2.05, 4.69) is 11.1 Å². The Balaban J connectivity index is 1.52. The monoisotopic (exact) mass is 361 g/mol. The summed E-state index contributed by atoms with van der Waals surface area (Å²) in [6.07, 6.45) is 3.67. The Morgan fingerprint density at radius 1 is 1.07 bits per heavy atom. The van der Waals surface area contributed by atoms with Crippen molar-refractivity contribution in [2.75, 3.05) is 6.54 Å². The van der Waals surface area contributed by atoms with Crippen molar-refractivity contribution < 1.29 is 9.59 Å². The molecule has 2 amide bonds. The van der Waals surface area contributed by atoms with E-state index in [4.69, 9.17) is 5.73 Å². The number of carbonyl (C=O) groups is 2. The summed E-state index contributed by atoms with van der Waals surface area (Å²) in [5.41, 5.74) is 9.94. The second-order valence-electron chi connectivity index (χ2n) is 7.14. The molecule has 1 aromatic heterocycles. The number of fused-ring (bicyclic) bond motifs is 1. The van der Waals surface area contributed by atoms with Gasteiger partial charge in [0.1, 0.15) is 0 Å². The highest BCUT2D eigenvalue weighted by Crippen LogP contribution is 2.27. The first-order chi connectivity index (χ1) is 13.2. The van der Waals surface area contributed by atoms with Crippen LogP contribution in [0.3, 0.4) is 0 Å². The van der Waals surface area contributed by atoms with Gasteiger partial charge in [0.15, 0.2) is 0 Å². The van der Waals surface area contributed by atoms with Gasteiger partial charge in [0.25, 0.3) is 0 Å². The molecule has 5 nitrogen and oxygen atoms in total. The smallest absolute Gasteiger partial charge is 0.233 e. The molecule has 0 aliphatic carbocycles. The molecule has 3 aromatic rings. The summed E-state index contributed by atoms with van der Waals surface area (Å²) in [7, 11) is 0. The molecule has 2 heterocycles. The lowest BCUT2D eigenvalue weighted by atomic mass is 9.98. The standard InChI is InChI=1S/C22H23N3O2/c23-9-8-17-13-24-20-7-6-16(11-19(17)20)14-25-21(26)12-18(22(25)27)10-15-4-2-1-3-5-15/h1-7,11,13,18,24H,8-10,12,14,23H2. The molecule has 1 aliphatic rings. The van der Waals surface area contributed by atoms with Gasteiger partial charge in [-0.3, -0.25) is 14.5 Å². The fraction of sp³-hybridized carbons (Fsp3) is 0.273. The van der Waals surface area contributed by atoms with E-state index >= 15 is 0 Å². The summed E-state index contributed by atoms with van der Waals surface area (Å²) in [6, 6.07) is 15.9. The molecule has 4 rings (SSSR count). The summed E-state index contributed by atoms with van der Waals surface area (Å²) in [4.78, 5) is 29.9. The van der Waals surface area contributed by atoms with Gasteiger partial charge in [-0.15, -0.1) is 0 Å². The molecular formula is C22H23N3O2. The van der Waals surface area contributed by atoms with Crippen LogP contribution in [0.1, 0.15) is 23.1 Å². The second kappa shape index (κ2) is 7.37. The van der Waals surface area contributed by atoms with Crippen LogP contribution in [0.15, 0.2) is 54.7 Å². The van der Waals surface area contributed by atoms with E-state index in [1.165, 1.54) is 4.90 Å². The zero-order valence-electron chi connectivity index (χ0n) is 15.2. The second-order valence-corrected chi connectivity index (χ2v) is 7.14. The predicted molar refractivity (Wildman–Crippen MR) is 105 cm³/mol. The number of H-pyrrole nitrogens is 1. The number of aromatic amines is 1. The van der Waals surface area contributed by atoms with Gasteiger partial charge in [-0.1, -0.05) is 36.4 Å². The van der Waals surface area contributed by atoms with Crippen LogP contribution in [0.5, 0.6) is 0 Å². The summed E-state index contributed by atoms with van der Waals surface area (Å²) in [6.45, 7) is 0.910. The fourth-order valence-corrected chi connectivity index (χ4v) is 3.84. The summed E-state index contributed by atoms with van der Waals surface area (Å²) < 4.78 is 0. The molecule has 1 saturated heterocycles. The molecule has 1 fully saturated rings. The van der Waals surface area contributed by atoms with E-state index in [0.29, 0.717) is 25.9 Å². The Hall–Kier alpha value is -2.92. The molecule has 2 aromatic carbocycles. The van der Waals surface area contributed by atoms with Gasteiger partial charge < -0.3 is 10.7 Å². The van der Waals surface area contributed by atoms with Gasteiger partial charge in [0.2, 0.25) is 11.8 Å². The van der Waals surface area contributed by atoms with E-state index in [9.17, 15) is 9.59 Å². The number of aromatic nitrogens is 1. The molecule has 1 unspecified atom stereocenters. The lowest BCUT2D eigenvalue weighted by Crippen LogP contribution is -2.30. The van der Waals surface area contributed by atoms with Gasteiger partial charge in [-0.05, 0) is 48.2 Å². The van der Waals surface area contributed by atoms with Crippen molar-refractivity contribution in [1.82, 2.24) is 9.88 Å². The molecule has 1 aliphatic heterocycles. The first kappa shape index (κ1) is 17.5. The first-order valence-electron chi connectivity index (χ1n) is 9.33. The quantitative estimate of drug-likeness (QED) is 0.663. The third-order valence-corrected chi connectivity index (χ3v) is 5.25. The molecule has 1 atom stereocenters. The molecule has 3 N–H and O–H groups in total. The van der Waals surface area contributed by atoms with Gasteiger partial charge in [-0.2, -0.15) is 0 Å². The number of benzene rings is 2. The third-order valence-electron chi connectivity index (χ3n) is 5.25. The minimum Gasteiger partial charge on any atom is -0.361 e. The van der Waals surface area contributed by atoms with E-state index < -0.39 is 0 Å². The molecular weight excluding hydrogens is 338 g/mol. The number of nitrogens with two attached hydrogens (primary N) is 1. The maximum absolute atomic E-state index is 12.8. The van der Waals surface area contributed by atoms with Crippen LogP contribution in [-0.4, -0.2) is 28.2 Å². The number of hydrogen-bond donors (Lipinski definition) is 2. The Morgan fingerprint density at radius 3 is 2.67 bits per heavy atom. The van der Waals surface area contributed by atoms with Crippen LogP contribution in [0.4, 0.5) is 0 Å². The van der Waals surface area contributed by atoms with Crippen LogP contribution in [-0.2, 0) is 29.0 Å². The van der Waals surface area contributed by atoms with E-state index in [-0.39, 0.29) is 17.7 Å². The SMILES string of the molecule is NCCc1c[nH]c2ccc(CN3C(=O)CC(Cc4ccccc4)C3=O)cc12. The summed E-state index contributed by atoms with van der Waals surface area (Å²) in [5, 5.41) is 1.11. The van der Waals surface area contributed by atoms with E-state index in [0.717, 1.165) is 34.0 Å². The molecule has 0 saturated carbocycles. The maximum atomic E-state index is 12.8. The van der Waals surface area contributed by atoms with Crippen molar-refractivity contribution in [3.63, 3.8) is 0 Å². The minimum atomic E-state index is -0.260. The van der Waals surface area contributed by atoms with Crippen molar-refractivity contribution in [3.05, 3.63) is 71.4 Å². The predicted octanol–water partition coefficient (Wildman–Crippen LogP) is 2.79. The molecule has 27 heavy (non-hydrogen) atoms. The Bertz CT molecular complexity index is 978. The van der Waals surface area contributed by atoms with Crippen molar-refractivity contribution >= 4 is 22.7 Å². The first-order valence-corrected chi connectivity index (χ1v) is 9.33. The number of carbonyl (C=O) groups excluding carboxylic acids is 2. The summed E-state index contributed by atoms with van der Waals surface area (Å²) >= 11 is 0. The van der Waals surface area contributed by atoms with Crippen LogP contribution in [0.2, 0.25) is 0 Å². The molecule has 0 bridgehead atoms. The maximum Gasteiger partial charge on any atom is 0.233 e. The highest BCUT2D eigenvalue weighted by atomic mass is 16.2. The lowest BCUT2D eigenvalue weighted by molar-refractivity contribution is -0.140. The Morgan fingerprint density at radius 2 is 1.89 bits per heavy atom. The zero-order valence-corrected chi connectivity index (χ0v) is 15.2. The van der Waals surface area contributed by atoms with Crippen LogP contribution in [0.25, 0.3) is 10.9 Å². The Labute approximate surface area is 158 Å². The van der Waals surface area contributed by atoms with Gasteiger partial charge in [0, 0.05) is 23.5 Å². The van der Waals surface area contributed by atoms with E-state index in [1.807, 2.05) is 48.7 Å². The van der Waals surface area contributed by atoms with Crippen molar-refractivity contribution in [2.24, 2.45) is 11.7 Å². The third kappa shape index (κ3) is 3.51. The highest BCUT2D eigenvalue weighted by Gasteiger charge is 2.38. The number of imide groups is 1. The van der Waals surface area contributed by atoms with Crippen LogP contribution < -0.4 is 5.73 Å². The number of nitrogens with zero attached hydrogens (tertiary/aromatic N) is 1. The summed E-state index contributed by atoms with van der Waals surface area (Å²) in [5.74, 6) is -0.416. The largest absolute Gasteiger partial charge is 0.361 e. The number of rotatable bonds is 6. The normalized spacial score (nSPS) is 17.2. The topological polar surface area (TPSA) is 79.2 Å². The van der Waals surface area contributed by atoms with Crippen LogP contribution in [0, 0.1) is 5.92 Å². The van der Waals surface area contributed by atoms with Gasteiger partial charge in [-0.25, -0.2) is 0 Å². The molecule has 0 radical (unpaired) electrons. The fourth-order valence-electron chi connectivity index (χ4n) is 3.84. The van der Waals surface area contributed by atoms with Crippen molar-refractivity contribution in [1.29, 1.82) is 0 Å². The van der Waals surface area contributed by atoms with Crippen LogP contribution >= 0.6 is 0 Å². The average molecular weight is 361 g/mol. The van der Waals surface area contributed by atoms with Gasteiger partial charge >= 0.3 is 0 Å². The number of hydrogen-bond acceptors (Lipinski definition) is 3. The van der Waals surface area contributed by atoms with Gasteiger partial charge in [0.05, 0.1) is 12.5 Å². The van der Waals surface area contributed by atoms with Crippen molar-refractivity contribution in [2.45, 2.75) is 25.8 Å². The van der Waals surface area contributed by atoms with Crippen molar-refractivity contribution in [3.8, 4) is 0 Å². The van der Waals surface area contributed by atoms with E-state index in [1.54, 1.807) is 0 Å². The lowest BCUT2D eigenvalue weighted by Gasteiger charge is -2.15. The molecule has 138 valence electrons.